The number of aliphatic carboxylic acids is 1. The molecule has 0 unspecified atom stereocenters. The maximum absolute atomic E-state index is 10.4. The lowest BCUT2D eigenvalue weighted by Gasteiger charge is -2.04. The van der Waals surface area contributed by atoms with Crippen molar-refractivity contribution in [2.75, 3.05) is 0 Å². The Hall–Kier alpha value is -1.13. The van der Waals surface area contributed by atoms with Gasteiger partial charge in [-0.3, -0.25) is 4.79 Å². The summed E-state index contributed by atoms with van der Waals surface area (Å²) in [6.07, 6.45) is 1.35. The number of carbonyl (C=O) groups is 1. The lowest BCUT2D eigenvalue weighted by Crippen LogP contribution is -2.20. The van der Waals surface area contributed by atoms with E-state index in [-0.39, 0.29) is 0 Å². The fourth-order valence-electron chi connectivity index (χ4n) is 0.714. The summed E-state index contributed by atoms with van der Waals surface area (Å²) in [5, 5.41) is 8.84. The number of carboxylic acid groups (broad SMARTS) is 1. The first-order chi connectivity index (χ1) is 5.61. The zero-order chi connectivity index (χ0) is 9.14. The summed E-state index contributed by atoms with van der Waals surface area (Å²) in [7, 11) is 0. The molecule has 0 bridgehead atoms. The molecular formula is C7H7ClN2O2. The summed E-state index contributed by atoms with van der Waals surface area (Å²) in [6.45, 7) is 0. The second-order valence-electron chi connectivity index (χ2n) is 2.23. The quantitative estimate of drug-likeness (QED) is 0.671. The van der Waals surface area contributed by atoms with Gasteiger partial charge in [0, 0.05) is 6.20 Å². The molecular weight excluding hydrogens is 180 g/mol. The number of hydrogen-bond donors (Lipinski definition) is 2. The molecule has 0 aliphatic rings. The Labute approximate surface area is 74.0 Å². The van der Waals surface area contributed by atoms with Gasteiger partial charge in [0.1, 0.15) is 11.2 Å². The minimum absolute atomic E-state index is 0.316. The largest absolute Gasteiger partial charge is 0.480 e. The Morgan fingerprint density at radius 1 is 1.67 bits per heavy atom. The number of nitrogens with two attached hydrogens (primary N) is 1. The molecule has 4 nitrogen and oxygen atoms in total. The van der Waals surface area contributed by atoms with Gasteiger partial charge in [0.2, 0.25) is 0 Å². The number of rotatable bonds is 2. The highest BCUT2D eigenvalue weighted by Gasteiger charge is 2.13. The van der Waals surface area contributed by atoms with Gasteiger partial charge in [-0.25, -0.2) is 4.98 Å². The van der Waals surface area contributed by atoms with E-state index < -0.39 is 12.0 Å². The summed E-state index contributed by atoms with van der Waals surface area (Å²) < 4.78 is 0. The SMILES string of the molecule is N[C@@H](C(=O)O)c1ccc(Cl)nc1. The van der Waals surface area contributed by atoms with E-state index in [1.54, 1.807) is 0 Å². The van der Waals surface area contributed by atoms with Gasteiger partial charge in [0.15, 0.2) is 0 Å². The van der Waals surface area contributed by atoms with Crippen LogP contribution in [0.2, 0.25) is 5.15 Å². The second kappa shape index (κ2) is 3.51. The molecule has 1 aromatic heterocycles. The maximum atomic E-state index is 10.4. The molecule has 3 N–H and O–H groups in total. The molecule has 64 valence electrons. The number of aromatic nitrogens is 1. The van der Waals surface area contributed by atoms with Gasteiger partial charge in [-0.2, -0.15) is 0 Å². The molecule has 0 amide bonds. The Kier molecular flexibility index (Phi) is 2.62. The minimum atomic E-state index is -1.08. The molecule has 0 radical (unpaired) electrons. The standard InChI is InChI=1S/C7H7ClN2O2/c8-5-2-1-4(3-10-5)6(9)7(11)12/h1-3,6H,9H2,(H,11,12)/t6-/m1/s1. The van der Waals surface area contributed by atoms with E-state index in [0.29, 0.717) is 10.7 Å². The van der Waals surface area contributed by atoms with Crippen LogP contribution in [0.25, 0.3) is 0 Å². The number of hydrogen-bond acceptors (Lipinski definition) is 3. The molecule has 0 saturated carbocycles. The molecule has 12 heavy (non-hydrogen) atoms. The third-order valence-electron chi connectivity index (χ3n) is 1.38. The van der Waals surface area contributed by atoms with Crippen LogP contribution < -0.4 is 5.73 Å². The van der Waals surface area contributed by atoms with E-state index >= 15 is 0 Å². The monoisotopic (exact) mass is 186 g/mol. The number of halogens is 1. The molecule has 1 heterocycles. The van der Waals surface area contributed by atoms with Crippen molar-refractivity contribution in [3.63, 3.8) is 0 Å². The molecule has 5 heteroatoms. The third-order valence-corrected chi connectivity index (χ3v) is 1.60. The molecule has 1 atom stereocenters. The van der Waals surface area contributed by atoms with Crippen LogP contribution in [0.15, 0.2) is 18.3 Å². The van der Waals surface area contributed by atoms with Crippen LogP contribution in [0.5, 0.6) is 0 Å². The van der Waals surface area contributed by atoms with Gasteiger partial charge in [0.05, 0.1) is 0 Å². The van der Waals surface area contributed by atoms with E-state index in [4.69, 9.17) is 22.4 Å². The van der Waals surface area contributed by atoms with Crippen molar-refractivity contribution in [1.82, 2.24) is 4.98 Å². The van der Waals surface area contributed by atoms with Gasteiger partial charge >= 0.3 is 5.97 Å². The first-order valence-corrected chi connectivity index (χ1v) is 3.59. The van der Waals surface area contributed by atoms with Crippen LogP contribution in [0.3, 0.4) is 0 Å². The molecule has 0 aromatic carbocycles. The zero-order valence-electron chi connectivity index (χ0n) is 6.07. The van der Waals surface area contributed by atoms with E-state index in [2.05, 4.69) is 4.98 Å². The van der Waals surface area contributed by atoms with Gasteiger partial charge < -0.3 is 10.8 Å². The van der Waals surface area contributed by atoms with Crippen molar-refractivity contribution in [1.29, 1.82) is 0 Å². The first kappa shape index (κ1) is 8.96. The second-order valence-corrected chi connectivity index (χ2v) is 2.62. The highest BCUT2D eigenvalue weighted by molar-refractivity contribution is 6.29. The Balaban J connectivity index is 2.89. The predicted octanol–water partition coefficient (Wildman–Crippen LogP) is 0.819. The van der Waals surface area contributed by atoms with E-state index in [1.807, 2.05) is 0 Å². The van der Waals surface area contributed by atoms with Crippen molar-refractivity contribution >= 4 is 17.6 Å². The molecule has 0 saturated heterocycles. The van der Waals surface area contributed by atoms with Crippen LogP contribution in [0, 0.1) is 0 Å². The molecule has 0 fully saturated rings. The lowest BCUT2D eigenvalue weighted by atomic mass is 10.1. The number of nitrogens with zero attached hydrogens (tertiary/aromatic N) is 1. The van der Waals surface area contributed by atoms with Crippen molar-refractivity contribution in [2.45, 2.75) is 6.04 Å². The van der Waals surface area contributed by atoms with Gasteiger partial charge in [-0.15, -0.1) is 0 Å². The average Bonchev–Trinajstić information content (AvgIpc) is 2.04. The molecule has 0 aliphatic heterocycles. The topological polar surface area (TPSA) is 76.2 Å². The fourth-order valence-corrected chi connectivity index (χ4v) is 0.826. The lowest BCUT2D eigenvalue weighted by molar-refractivity contribution is -0.138. The highest BCUT2D eigenvalue weighted by Crippen LogP contribution is 2.11. The maximum Gasteiger partial charge on any atom is 0.325 e. The van der Waals surface area contributed by atoms with Crippen molar-refractivity contribution in [3.05, 3.63) is 29.0 Å². The van der Waals surface area contributed by atoms with Crippen LogP contribution in [-0.2, 0) is 4.79 Å². The Morgan fingerprint density at radius 2 is 2.33 bits per heavy atom. The molecule has 1 aromatic rings. The van der Waals surface area contributed by atoms with Crippen LogP contribution >= 0.6 is 11.6 Å². The summed E-state index contributed by atoms with van der Waals surface area (Å²) in [5.41, 5.74) is 5.74. The van der Waals surface area contributed by atoms with E-state index in [1.165, 1.54) is 18.3 Å². The smallest absolute Gasteiger partial charge is 0.325 e. The number of carboxylic acids is 1. The van der Waals surface area contributed by atoms with Crippen LogP contribution in [-0.4, -0.2) is 16.1 Å². The van der Waals surface area contributed by atoms with Gasteiger partial charge in [-0.1, -0.05) is 17.7 Å². The van der Waals surface area contributed by atoms with Crippen molar-refractivity contribution in [3.8, 4) is 0 Å². The summed E-state index contributed by atoms with van der Waals surface area (Å²) in [5.74, 6) is -1.08. The summed E-state index contributed by atoms with van der Waals surface area (Å²) in [6, 6.07) is 2.00. The summed E-state index contributed by atoms with van der Waals surface area (Å²) >= 11 is 5.50. The predicted molar refractivity (Wildman–Crippen MR) is 43.8 cm³/mol. The average molecular weight is 187 g/mol. The Morgan fingerprint density at radius 3 is 2.75 bits per heavy atom. The molecule has 1 rings (SSSR count). The zero-order valence-corrected chi connectivity index (χ0v) is 6.82. The Bertz CT molecular complexity index is 286. The summed E-state index contributed by atoms with van der Waals surface area (Å²) in [4.78, 5) is 14.1. The first-order valence-electron chi connectivity index (χ1n) is 3.21. The van der Waals surface area contributed by atoms with Gasteiger partial charge in [-0.05, 0) is 11.6 Å². The van der Waals surface area contributed by atoms with E-state index in [9.17, 15) is 4.79 Å². The molecule has 0 spiro atoms. The normalized spacial score (nSPS) is 12.5. The van der Waals surface area contributed by atoms with E-state index in [0.717, 1.165) is 0 Å². The van der Waals surface area contributed by atoms with Crippen LogP contribution in [0.1, 0.15) is 11.6 Å². The fraction of sp³-hybridized carbons (Fsp3) is 0.143. The van der Waals surface area contributed by atoms with Gasteiger partial charge in [0.25, 0.3) is 0 Å². The molecule has 0 aliphatic carbocycles. The van der Waals surface area contributed by atoms with Crippen molar-refractivity contribution < 1.29 is 9.90 Å². The minimum Gasteiger partial charge on any atom is -0.480 e. The third kappa shape index (κ3) is 1.93. The van der Waals surface area contributed by atoms with Crippen LogP contribution in [0.4, 0.5) is 0 Å². The van der Waals surface area contributed by atoms with Crippen molar-refractivity contribution in [2.24, 2.45) is 5.73 Å². The highest BCUT2D eigenvalue weighted by atomic mass is 35.5. The number of pyridine rings is 1.